The van der Waals surface area contributed by atoms with Crippen molar-refractivity contribution in [3.8, 4) is 22.9 Å². The Balaban J connectivity index is 2.49. The zero-order chi connectivity index (χ0) is 11.5. The van der Waals surface area contributed by atoms with Gasteiger partial charge in [0.1, 0.15) is 17.6 Å². The minimum absolute atomic E-state index is 0.0191. The Labute approximate surface area is 92.2 Å². The van der Waals surface area contributed by atoms with Gasteiger partial charge in [0.2, 0.25) is 0 Å². The number of nitriles is 1. The van der Waals surface area contributed by atoms with E-state index in [2.05, 4.69) is 0 Å². The molecule has 0 aliphatic heterocycles. The Morgan fingerprint density at radius 3 is 2.25 bits per heavy atom. The first-order valence-electron chi connectivity index (χ1n) is 4.70. The summed E-state index contributed by atoms with van der Waals surface area (Å²) >= 11 is 0. The van der Waals surface area contributed by atoms with Gasteiger partial charge in [0, 0.05) is 0 Å². The van der Waals surface area contributed by atoms with E-state index in [0.29, 0.717) is 0 Å². The highest BCUT2D eigenvalue weighted by molar-refractivity contribution is 5.65. The van der Waals surface area contributed by atoms with E-state index in [1.807, 2.05) is 0 Å². The lowest BCUT2D eigenvalue weighted by molar-refractivity contribution is 0.475. The Hall–Kier alpha value is -2.34. The van der Waals surface area contributed by atoms with Crippen molar-refractivity contribution in [1.29, 1.82) is 5.26 Å². The zero-order valence-corrected chi connectivity index (χ0v) is 8.31. The summed E-state index contributed by atoms with van der Waals surface area (Å²) in [5.41, 5.74) is 1.60. The molecule has 0 heterocycles. The standard InChI is InChI=1S/C13H8FNO/c14-13-6-3-10(7-11(13)8-15)9-1-4-12(16)5-2-9/h1-7,16H. The number of phenols is 1. The third-order valence-electron chi connectivity index (χ3n) is 2.29. The van der Waals surface area contributed by atoms with Crippen LogP contribution in [0.25, 0.3) is 11.1 Å². The van der Waals surface area contributed by atoms with Crippen LogP contribution in [0.3, 0.4) is 0 Å². The van der Waals surface area contributed by atoms with E-state index >= 15 is 0 Å². The Morgan fingerprint density at radius 2 is 1.62 bits per heavy atom. The van der Waals surface area contributed by atoms with Gasteiger partial charge in [-0.3, -0.25) is 0 Å². The first kappa shape index (κ1) is 10.2. The molecule has 0 saturated carbocycles. The molecule has 0 saturated heterocycles. The summed E-state index contributed by atoms with van der Waals surface area (Å²) < 4.78 is 13.1. The van der Waals surface area contributed by atoms with Crippen molar-refractivity contribution in [1.82, 2.24) is 0 Å². The first-order chi connectivity index (χ1) is 7.70. The molecule has 0 atom stereocenters. The van der Waals surface area contributed by atoms with E-state index in [1.54, 1.807) is 36.4 Å². The number of aromatic hydroxyl groups is 1. The van der Waals surface area contributed by atoms with E-state index < -0.39 is 5.82 Å². The third-order valence-corrected chi connectivity index (χ3v) is 2.29. The van der Waals surface area contributed by atoms with Crippen LogP contribution in [0.4, 0.5) is 4.39 Å². The van der Waals surface area contributed by atoms with Crippen LogP contribution in [0, 0.1) is 17.1 Å². The van der Waals surface area contributed by atoms with E-state index in [9.17, 15) is 4.39 Å². The second kappa shape index (κ2) is 4.03. The molecule has 3 heteroatoms. The highest BCUT2D eigenvalue weighted by atomic mass is 19.1. The van der Waals surface area contributed by atoms with Crippen molar-refractivity contribution in [2.75, 3.05) is 0 Å². The highest BCUT2D eigenvalue weighted by Gasteiger charge is 2.04. The van der Waals surface area contributed by atoms with Crippen LogP contribution in [-0.4, -0.2) is 5.11 Å². The molecule has 2 aromatic rings. The average Bonchev–Trinajstić information content (AvgIpc) is 2.31. The Kier molecular flexibility index (Phi) is 2.57. The van der Waals surface area contributed by atoms with Crippen molar-refractivity contribution < 1.29 is 9.50 Å². The fourth-order valence-corrected chi connectivity index (χ4v) is 1.44. The van der Waals surface area contributed by atoms with Crippen molar-refractivity contribution >= 4 is 0 Å². The molecular weight excluding hydrogens is 205 g/mol. The van der Waals surface area contributed by atoms with Crippen molar-refractivity contribution in [2.24, 2.45) is 0 Å². The van der Waals surface area contributed by atoms with Gasteiger partial charge in [0.05, 0.1) is 5.56 Å². The second-order valence-electron chi connectivity index (χ2n) is 3.35. The van der Waals surface area contributed by atoms with E-state index in [-0.39, 0.29) is 11.3 Å². The summed E-state index contributed by atoms with van der Waals surface area (Å²) in [5, 5.41) is 17.8. The predicted octanol–water partition coefficient (Wildman–Crippen LogP) is 3.07. The van der Waals surface area contributed by atoms with E-state index in [1.165, 1.54) is 12.1 Å². The topological polar surface area (TPSA) is 44.0 Å². The van der Waals surface area contributed by atoms with Crippen molar-refractivity contribution in [3.63, 3.8) is 0 Å². The molecule has 0 radical (unpaired) electrons. The highest BCUT2D eigenvalue weighted by Crippen LogP contribution is 2.23. The number of hydrogen-bond donors (Lipinski definition) is 1. The maximum atomic E-state index is 13.1. The molecule has 0 aromatic heterocycles. The van der Waals surface area contributed by atoms with Gasteiger partial charge < -0.3 is 5.11 Å². The van der Waals surface area contributed by atoms with E-state index in [4.69, 9.17) is 10.4 Å². The van der Waals surface area contributed by atoms with Crippen LogP contribution in [0.1, 0.15) is 5.56 Å². The number of benzene rings is 2. The Bertz CT molecular complexity index is 555. The lowest BCUT2D eigenvalue weighted by Crippen LogP contribution is -1.85. The van der Waals surface area contributed by atoms with Crippen molar-refractivity contribution in [3.05, 3.63) is 53.8 Å². The smallest absolute Gasteiger partial charge is 0.140 e. The monoisotopic (exact) mass is 213 g/mol. The maximum Gasteiger partial charge on any atom is 0.140 e. The molecule has 16 heavy (non-hydrogen) atoms. The van der Waals surface area contributed by atoms with Gasteiger partial charge in [-0.15, -0.1) is 0 Å². The molecule has 0 spiro atoms. The minimum atomic E-state index is -0.523. The molecule has 0 amide bonds. The van der Waals surface area contributed by atoms with Crippen LogP contribution in [0.15, 0.2) is 42.5 Å². The maximum absolute atomic E-state index is 13.1. The molecule has 2 aromatic carbocycles. The molecular formula is C13H8FNO. The van der Waals surface area contributed by atoms with E-state index in [0.717, 1.165) is 11.1 Å². The second-order valence-corrected chi connectivity index (χ2v) is 3.35. The molecule has 0 bridgehead atoms. The van der Waals surface area contributed by atoms with Crippen LogP contribution in [0.5, 0.6) is 5.75 Å². The fraction of sp³-hybridized carbons (Fsp3) is 0. The van der Waals surface area contributed by atoms with Gasteiger partial charge in [0.25, 0.3) is 0 Å². The number of hydrogen-bond acceptors (Lipinski definition) is 2. The van der Waals surface area contributed by atoms with Gasteiger partial charge >= 0.3 is 0 Å². The van der Waals surface area contributed by atoms with Crippen LogP contribution < -0.4 is 0 Å². The lowest BCUT2D eigenvalue weighted by atomic mass is 10.0. The molecule has 0 unspecified atom stereocenters. The molecule has 78 valence electrons. The van der Waals surface area contributed by atoms with Gasteiger partial charge in [-0.2, -0.15) is 5.26 Å². The van der Waals surface area contributed by atoms with Gasteiger partial charge in [-0.25, -0.2) is 4.39 Å². The van der Waals surface area contributed by atoms with Gasteiger partial charge in [-0.1, -0.05) is 18.2 Å². The largest absolute Gasteiger partial charge is 0.508 e. The number of halogens is 1. The first-order valence-corrected chi connectivity index (χ1v) is 4.70. The molecule has 2 nitrogen and oxygen atoms in total. The summed E-state index contributed by atoms with van der Waals surface area (Å²) in [6.45, 7) is 0. The normalized spacial score (nSPS) is 9.75. The predicted molar refractivity (Wildman–Crippen MR) is 58.2 cm³/mol. The summed E-state index contributed by atoms with van der Waals surface area (Å²) in [5.74, 6) is -0.351. The van der Waals surface area contributed by atoms with Crippen LogP contribution in [-0.2, 0) is 0 Å². The summed E-state index contributed by atoms with van der Waals surface area (Å²) in [4.78, 5) is 0. The number of nitrogens with zero attached hydrogens (tertiary/aromatic N) is 1. The summed E-state index contributed by atoms with van der Waals surface area (Å²) in [6.07, 6.45) is 0. The average molecular weight is 213 g/mol. The van der Waals surface area contributed by atoms with Crippen LogP contribution in [0.2, 0.25) is 0 Å². The van der Waals surface area contributed by atoms with Crippen molar-refractivity contribution in [2.45, 2.75) is 0 Å². The number of rotatable bonds is 1. The molecule has 0 aliphatic rings. The van der Waals surface area contributed by atoms with Gasteiger partial charge in [-0.05, 0) is 35.4 Å². The SMILES string of the molecule is N#Cc1cc(-c2ccc(O)cc2)ccc1F. The fourth-order valence-electron chi connectivity index (χ4n) is 1.44. The lowest BCUT2D eigenvalue weighted by Gasteiger charge is -2.02. The zero-order valence-electron chi connectivity index (χ0n) is 8.31. The molecule has 2 rings (SSSR count). The molecule has 1 N–H and O–H groups in total. The summed E-state index contributed by atoms with van der Waals surface area (Å²) in [6, 6.07) is 12.7. The third kappa shape index (κ3) is 1.86. The minimum Gasteiger partial charge on any atom is -0.508 e. The quantitative estimate of drug-likeness (QED) is 0.791. The number of phenolic OH excluding ortho intramolecular Hbond substituents is 1. The van der Waals surface area contributed by atoms with Gasteiger partial charge in [0.15, 0.2) is 0 Å². The van der Waals surface area contributed by atoms with Crippen LogP contribution >= 0.6 is 0 Å². The Morgan fingerprint density at radius 1 is 1.00 bits per heavy atom. The molecule has 0 fully saturated rings. The molecule has 0 aliphatic carbocycles. The summed E-state index contributed by atoms with van der Waals surface area (Å²) in [7, 11) is 0.